The maximum atomic E-state index is 13.8. The number of hydrogen-bond acceptors (Lipinski definition) is 3. The van der Waals surface area contributed by atoms with Crippen LogP contribution in [0, 0.1) is 10.8 Å². The Morgan fingerprint density at radius 3 is 1.71 bits per heavy atom. The van der Waals surface area contributed by atoms with Gasteiger partial charge in [-0.2, -0.15) is 0 Å². The second kappa shape index (κ2) is 8.50. The van der Waals surface area contributed by atoms with Crippen molar-refractivity contribution in [3.63, 3.8) is 0 Å². The van der Waals surface area contributed by atoms with Crippen molar-refractivity contribution in [1.82, 2.24) is 0 Å². The van der Waals surface area contributed by atoms with Gasteiger partial charge in [0.2, 0.25) is 0 Å². The summed E-state index contributed by atoms with van der Waals surface area (Å²) >= 11 is 19.3. The van der Waals surface area contributed by atoms with Crippen LogP contribution in [0.5, 0.6) is 0 Å². The van der Waals surface area contributed by atoms with Gasteiger partial charge in [-0.15, -0.1) is 0 Å². The highest BCUT2D eigenvalue weighted by molar-refractivity contribution is 6.35. The number of anilines is 1. The molecule has 0 atom stereocenters. The maximum absolute atomic E-state index is 13.8. The summed E-state index contributed by atoms with van der Waals surface area (Å²) in [6.45, 7) is 8.47. The summed E-state index contributed by atoms with van der Waals surface area (Å²) in [6.07, 6.45) is 2.24. The van der Waals surface area contributed by atoms with Gasteiger partial charge in [0.25, 0.3) is 0 Å². The van der Waals surface area contributed by atoms with Gasteiger partial charge in [0.1, 0.15) is 0 Å². The van der Waals surface area contributed by atoms with Gasteiger partial charge in [-0.1, -0.05) is 74.6 Å². The molecule has 0 radical (unpaired) electrons. The molecular formula is C29H28Cl3NO2. The Bertz CT molecular complexity index is 1260. The molecule has 6 heteroatoms. The van der Waals surface area contributed by atoms with E-state index < -0.39 is 5.92 Å². The van der Waals surface area contributed by atoms with E-state index in [0.717, 1.165) is 22.6 Å². The van der Waals surface area contributed by atoms with Crippen LogP contribution in [0.1, 0.15) is 64.9 Å². The minimum atomic E-state index is -0.434. The molecule has 0 amide bonds. The standard InChI is InChI=1S/C29H28Cl3NO2/c1-28(2)12-21-26(23(34)14-28)25(16-6-5-7-17(30)8-16)27-22(13-29(3,4)15-24(27)35)33(21)20-10-18(31)9-19(32)11-20/h5-11,25H,12-15H2,1-4H3. The molecule has 0 spiro atoms. The topological polar surface area (TPSA) is 37.4 Å². The predicted octanol–water partition coefficient (Wildman–Crippen LogP) is 8.54. The van der Waals surface area contributed by atoms with Crippen LogP contribution in [0.15, 0.2) is 65.0 Å². The molecule has 5 rings (SSSR count). The molecule has 1 heterocycles. The van der Waals surface area contributed by atoms with Crippen LogP contribution in [0.25, 0.3) is 0 Å². The van der Waals surface area contributed by atoms with Gasteiger partial charge in [0.05, 0.1) is 0 Å². The molecule has 182 valence electrons. The first-order chi connectivity index (χ1) is 16.3. The zero-order chi connectivity index (χ0) is 25.3. The van der Waals surface area contributed by atoms with Gasteiger partial charge in [-0.05, 0) is 59.6 Å². The lowest BCUT2D eigenvalue weighted by molar-refractivity contribution is -0.119. The van der Waals surface area contributed by atoms with Crippen LogP contribution in [-0.2, 0) is 9.59 Å². The van der Waals surface area contributed by atoms with Gasteiger partial charge in [0.15, 0.2) is 11.6 Å². The summed E-state index contributed by atoms with van der Waals surface area (Å²) in [5.74, 6) is -0.288. The fraction of sp³-hybridized carbons (Fsp3) is 0.379. The molecule has 0 unspecified atom stereocenters. The maximum Gasteiger partial charge on any atom is 0.162 e. The number of halogens is 3. The lowest BCUT2D eigenvalue weighted by Crippen LogP contribution is -2.44. The van der Waals surface area contributed by atoms with Crippen LogP contribution in [0.2, 0.25) is 15.1 Å². The molecule has 3 aliphatic rings. The summed E-state index contributed by atoms with van der Waals surface area (Å²) in [4.78, 5) is 29.8. The highest BCUT2D eigenvalue weighted by Crippen LogP contribution is 2.55. The largest absolute Gasteiger partial charge is 0.317 e. The van der Waals surface area contributed by atoms with E-state index in [4.69, 9.17) is 34.8 Å². The fourth-order valence-electron chi connectivity index (χ4n) is 5.96. The van der Waals surface area contributed by atoms with Crippen LogP contribution < -0.4 is 4.90 Å². The lowest BCUT2D eigenvalue weighted by atomic mass is 9.63. The monoisotopic (exact) mass is 527 g/mol. The van der Waals surface area contributed by atoms with Crippen molar-refractivity contribution in [2.24, 2.45) is 10.8 Å². The Labute approximate surface area is 221 Å². The summed E-state index contributed by atoms with van der Waals surface area (Å²) in [5.41, 5.74) is 4.45. The molecule has 0 saturated carbocycles. The third-order valence-electron chi connectivity index (χ3n) is 7.20. The number of allylic oxidation sites excluding steroid dienone is 4. The van der Waals surface area contributed by atoms with Crippen molar-refractivity contribution < 1.29 is 9.59 Å². The Hall–Kier alpha value is -2.07. The highest BCUT2D eigenvalue weighted by Gasteiger charge is 2.49. The summed E-state index contributed by atoms with van der Waals surface area (Å²) in [7, 11) is 0. The van der Waals surface area contributed by atoms with Gasteiger partial charge >= 0.3 is 0 Å². The van der Waals surface area contributed by atoms with E-state index in [1.807, 2.05) is 36.4 Å². The normalized spacial score (nSPS) is 21.9. The van der Waals surface area contributed by atoms with Crippen molar-refractivity contribution in [1.29, 1.82) is 0 Å². The fourth-order valence-corrected chi connectivity index (χ4v) is 6.68. The first-order valence-corrected chi connectivity index (χ1v) is 13.0. The highest BCUT2D eigenvalue weighted by atomic mass is 35.5. The molecular weight excluding hydrogens is 501 g/mol. The number of nitrogens with zero attached hydrogens (tertiary/aromatic N) is 1. The number of benzene rings is 2. The molecule has 0 N–H and O–H groups in total. The van der Waals surface area contributed by atoms with Gasteiger partial charge < -0.3 is 4.90 Å². The number of carbonyl (C=O) groups is 2. The summed E-state index contributed by atoms with van der Waals surface area (Å²) in [6, 6.07) is 13.0. The summed E-state index contributed by atoms with van der Waals surface area (Å²) < 4.78 is 0. The molecule has 2 aromatic rings. The van der Waals surface area contributed by atoms with E-state index in [9.17, 15) is 9.59 Å². The summed E-state index contributed by atoms with van der Waals surface area (Å²) in [5, 5.41) is 1.61. The molecule has 0 aromatic heterocycles. The van der Waals surface area contributed by atoms with Crippen molar-refractivity contribution in [2.75, 3.05) is 4.90 Å². The van der Waals surface area contributed by atoms with Gasteiger partial charge in [-0.3, -0.25) is 9.59 Å². The SMILES string of the molecule is CC1(C)CC(=O)C2=C(C1)N(c1cc(Cl)cc(Cl)c1)C1=C(C(=O)CC(C)(C)C1)C2c1cccc(Cl)c1. The van der Waals surface area contributed by atoms with Crippen molar-refractivity contribution in [3.05, 3.63) is 85.6 Å². The Morgan fingerprint density at radius 2 is 1.23 bits per heavy atom. The van der Waals surface area contributed by atoms with Crippen LogP contribution in [0.3, 0.4) is 0 Å². The second-order valence-electron chi connectivity index (χ2n) is 11.6. The number of Topliss-reactive ketones (excluding diaryl/α,β-unsaturated/α-hetero) is 2. The minimum absolute atomic E-state index is 0.0727. The molecule has 0 bridgehead atoms. The minimum Gasteiger partial charge on any atom is -0.317 e. The first kappa shape index (κ1) is 24.6. The van der Waals surface area contributed by atoms with E-state index in [1.165, 1.54) is 0 Å². The van der Waals surface area contributed by atoms with Gasteiger partial charge in [0, 0.05) is 62.1 Å². The quantitative estimate of drug-likeness (QED) is 0.392. The molecule has 0 saturated heterocycles. The Kier molecular flexibility index (Phi) is 5.98. The second-order valence-corrected chi connectivity index (χ2v) is 12.9. The van der Waals surface area contributed by atoms with E-state index in [0.29, 0.717) is 51.9 Å². The smallest absolute Gasteiger partial charge is 0.162 e. The van der Waals surface area contributed by atoms with Crippen molar-refractivity contribution in [3.8, 4) is 0 Å². The molecule has 35 heavy (non-hydrogen) atoms. The molecule has 3 nitrogen and oxygen atoms in total. The average molecular weight is 529 g/mol. The molecule has 2 aliphatic carbocycles. The molecule has 1 aliphatic heterocycles. The number of carbonyl (C=O) groups excluding carboxylic acids is 2. The first-order valence-electron chi connectivity index (χ1n) is 11.9. The predicted molar refractivity (Wildman–Crippen MR) is 143 cm³/mol. The van der Waals surface area contributed by atoms with Crippen LogP contribution in [-0.4, -0.2) is 11.6 Å². The van der Waals surface area contributed by atoms with Crippen LogP contribution in [0.4, 0.5) is 5.69 Å². The lowest BCUT2D eigenvalue weighted by Gasteiger charge is -2.49. The third-order valence-corrected chi connectivity index (χ3v) is 7.87. The molecule has 0 fully saturated rings. The van der Waals surface area contributed by atoms with E-state index in [-0.39, 0.29) is 22.4 Å². The average Bonchev–Trinajstić information content (AvgIpc) is 2.69. The van der Waals surface area contributed by atoms with Gasteiger partial charge in [-0.25, -0.2) is 0 Å². The zero-order valence-electron chi connectivity index (χ0n) is 20.3. The number of ketones is 2. The number of hydrogen-bond donors (Lipinski definition) is 0. The molecule has 2 aromatic carbocycles. The number of rotatable bonds is 2. The van der Waals surface area contributed by atoms with Crippen molar-refractivity contribution >= 4 is 52.1 Å². The van der Waals surface area contributed by atoms with Crippen molar-refractivity contribution in [2.45, 2.75) is 59.3 Å². The van der Waals surface area contributed by atoms with E-state index in [1.54, 1.807) is 6.07 Å². The Balaban J connectivity index is 1.86. The van der Waals surface area contributed by atoms with E-state index in [2.05, 4.69) is 32.6 Å². The van der Waals surface area contributed by atoms with E-state index >= 15 is 0 Å². The zero-order valence-corrected chi connectivity index (χ0v) is 22.6. The third kappa shape index (κ3) is 4.48. The van der Waals surface area contributed by atoms with Crippen LogP contribution >= 0.6 is 34.8 Å². The Morgan fingerprint density at radius 1 is 0.714 bits per heavy atom.